The number of rotatable bonds is 8. The van der Waals surface area contributed by atoms with E-state index in [1.165, 1.54) is 23.1 Å². The molecule has 2 aromatic rings. The lowest BCUT2D eigenvalue weighted by molar-refractivity contribution is -0.125. The Kier molecular flexibility index (Phi) is 6.50. The van der Waals surface area contributed by atoms with Crippen molar-refractivity contribution >= 4 is 23.3 Å². The first-order chi connectivity index (χ1) is 16.5. The molecule has 2 fully saturated rings. The Labute approximate surface area is 198 Å². The lowest BCUT2D eigenvalue weighted by Gasteiger charge is -2.39. The summed E-state index contributed by atoms with van der Waals surface area (Å²) in [5.41, 5.74) is 3.00. The molecule has 6 nitrogen and oxygen atoms in total. The van der Waals surface area contributed by atoms with Crippen LogP contribution in [0.15, 0.2) is 42.5 Å². The Bertz CT molecular complexity index is 1050. The van der Waals surface area contributed by atoms with Crippen molar-refractivity contribution in [3.8, 4) is 0 Å². The molecule has 1 N–H and O–H groups in total. The number of unbranched alkanes of at least 4 members (excludes halogenated alkanes) is 3. The summed E-state index contributed by atoms with van der Waals surface area (Å²) in [4.78, 5) is 29.2. The second-order valence-corrected chi connectivity index (χ2v) is 9.43. The number of likely N-dealkylation sites (tertiary alicyclic amines) is 1. The van der Waals surface area contributed by atoms with Crippen LogP contribution in [-0.4, -0.2) is 60.5 Å². The zero-order valence-electron chi connectivity index (χ0n) is 19.2. The first-order valence-corrected chi connectivity index (χ1v) is 12.2. The van der Waals surface area contributed by atoms with Crippen LogP contribution in [0, 0.1) is 11.6 Å². The smallest absolute Gasteiger partial charge is 0.324 e. The second-order valence-electron chi connectivity index (χ2n) is 9.43. The summed E-state index contributed by atoms with van der Waals surface area (Å²) < 4.78 is 27.7. The average Bonchev–Trinajstić information content (AvgIpc) is 3.32. The highest BCUT2D eigenvalue weighted by molar-refractivity contribution is 6.01. The third-order valence-electron chi connectivity index (χ3n) is 7.29. The molecule has 3 aliphatic rings. The standard InChI is InChI=1S/C26H30F2N4O2/c27-18-5-8-20(9-6-18)32-23-10-7-19(28)15-21(23)22-17-30(14-11-24(22)32)12-3-1-2-4-13-31-25(33)16-29-26(31)34/h5-10,15,22,24H,1-4,11-14,16-17H2,(H,29,34). The summed E-state index contributed by atoms with van der Waals surface area (Å²) in [5.74, 6) is -0.412. The van der Waals surface area contributed by atoms with Crippen molar-refractivity contribution in [2.75, 3.05) is 37.6 Å². The van der Waals surface area contributed by atoms with Crippen molar-refractivity contribution in [3.63, 3.8) is 0 Å². The maximum Gasteiger partial charge on any atom is 0.324 e. The average molecular weight is 469 g/mol. The number of carbonyl (C=O) groups is 2. The van der Waals surface area contributed by atoms with Gasteiger partial charge in [0.2, 0.25) is 5.91 Å². The van der Waals surface area contributed by atoms with Crippen LogP contribution in [0.1, 0.15) is 43.6 Å². The summed E-state index contributed by atoms with van der Waals surface area (Å²) in [6.45, 7) is 3.42. The van der Waals surface area contributed by atoms with Gasteiger partial charge in [-0.2, -0.15) is 0 Å². The summed E-state index contributed by atoms with van der Waals surface area (Å²) in [5, 5.41) is 2.55. The summed E-state index contributed by atoms with van der Waals surface area (Å²) in [6.07, 6.45) is 4.85. The van der Waals surface area contributed by atoms with E-state index >= 15 is 0 Å². The number of hydrogen-bond donors (Lipinski definition) is 1. The van der Waals surface area contributed by atoms with Crippen LogP contribution in [0.3, 0.4) is 0 Å². The molecular formula is C26H30F2N4O2. The molecule has 3 amide bonds. The molecule has 2 aromatic carbocycles. The minimum atomic E-state index is -0.282. The van der Waals surface area contributed by atoms with Crippen molar-refractivity contribution in [2.45, 2.75) is 44.1 Å². The van der Waals surface area contributed by atoms with E-state index in [1.807, 2.05) is 6.07 Å². The van der Waals surface area contributed by atoms with Gasteiger partial charge in [0.1, 0.15) is 11.6 Å². The van der Waals surface area contributed by atoms with Crippen molar-refractivity contribution in [3.05, 3.63) is 59.7 Å². The van der Waals surface area contributed by atoms with Crippen LogP contribution in [0.4, 0.5) is 25.0 Å². The molecule has 8 heteroatoms. The van der Waals surface area contributed by atoms with Crippen molar-refractivity contribution in [1.29, 1.82) is 0 Å². The fourth-order valence-corrected chi connectivity index (χ4v) is 5.62. The predicted molar refractivity (Wildman–Crippen MR) is 126 cm³/mol. The van der Waals surface area contributed by atoms with E-state index in [2.05, 4.69) is 15.1 Å². The Morgan fingerprint density at radius 1 is 0.912 bits per heavy atom. The first-order valence-electron chi connectivity index (χ1n) is 12.2. The molecule has 2 saturated heterocycles. The van der Waals surface area contributed by atoms with Gasteiger partial charge >= 0.3 is 6.03 Å². The molecule has 34 heavy (non-hydrogen) atoms. The molecule has 2 unspecified atom stereocenters. The monoisotopic (exact) mass is 468 g/mol. The third kappa shape index (κ3) is 4.51. The number of amides is 3. The number of nitrogens with one attached hydrogen (secondary N) is 1. The van der Waals surface area contributed by atoms with Gasteiger partial charge in [0.05, 0.1) is 6.54 Å². The molecule has 0 spiro atoms. The van der Waals surface area contributed by atoms with Crippen LogP contribution in [0.25, 0.3) is 0 Å². The highest BCUT2D eigenvalue weighted by Gasteiger charge is 2.42. The maximum absolute atomic E-state index is 14.2. The van der Waals surface area contributed by atoms with Gasteiger partial charge < -0.3 is 15.1 Å². The van der Waals surface area contributed by atoms with Gasteiger partial charge in [0.25, 0.3) is 0 Å². The van der Waals surface area contributed by atoms with Crippen LogP contribution >= 0.6 is 0 Å². The topological polar surface area (TPSA) is 55.9 Å². The summed E-state index contributed by atoms with van der Waals surface area (Å²) in [6, 6.07) is 11.5. The van der Waals surface area contributed by atoms with Gasteiger partial charge in [-0.05, 0) is 73.8 Å². The SMILES string of the molecule is O=C1CNC(=O)N1CCCCCCN1CCC2C(C1)c1cc(F)ccc1N2c1ccc(F)cc1. The van der Waals surface area contributed by atoms with Gasteiger partial charge in [-0.25, -0.2) is 13.6 Å². The highest BCUT2D eigenvalue weighted by Crippen LogP contribution is 2.48. The Hall–Kier alpha value is -3.00. The molecule has 0 radical (unpaired) electrons. The molecule has 180 valence electrons. The number of hydrogen-bond acceptors (Lipinski definition) is 4. The van der Waals surface area contributed by atoms with Crippen molar-refractivity contribution in [1.82, 2.24) is 15.1 Å². The largest absolute Gasteiger partial charge is 0.337 e. The van der Waals surface area contributed by atoms with E-state index in [0.29, 0.717) is 6.54 Å². The van der Waals surface area contributed by atoms with Crippen LogP contribution in [-0.2, 0) is 4.79 Å². The number of imide groups is 1. The molecule has 0 aliphatic carbocycles. The van der Waals surface area contributed by atoms with Crippen LogP contribution in [0.5, 0.6) is 0 Å². The lowest BCUT2D eigenvalue weighted by Crippen LogP contribution is -2.45. The minimum absolute atomic E-state index is 0.113. The summed E-state index contributed by atoms with van der Waals surface area (Å²) in [7, 11) is 0. The maximum atomic E-state index is 14.2. The van der Waals surface area contributed by atoms with E-state index in [4.69, 9.17) is 0 Å². The van der Waals surface area contributed by atoms with E-state index in [9.17, 15) is 18.4 Å². The van der Waals surface area contributed by atoms with Gasteiger partial charge in [0, 0.05) is 43.0 Å². The Morgan fingerprint density at radius 2 is 1.65 bits per heavy atom. The normalized spacial score (nSPS) is 22.2. The van der Waals surface area contributed by atoms with E-state index in [0.717, 1.165) is 68.7 Å². The number of fused-ring (bicyclic) bond motifs is 3. The number of anilines is 2. The van der Waals surface area contributed by atoms with E-state index in [-0.39, 0.29) is 42.1 Å². The number of carbonyl (C=O) groups excluding carboxylic acids is 2. The molecule has 5 rings (SSSR count). The highest BCUT2D eigenvalue weighted by atomic mass is 19.1. The molecule has 0 aromatic heterocycles. The fraction of sp³-hybridized carbons (Fsp3) is 0.462. The molecule has 2 atom stereocenters. The fourth-order valence-electron chi connectivity index (χ4n) is 5.62. The lowest BCUT2D eigenvalue weighted by atomic mass is 9.88. The van der Waals surface area contributed by atoms with Crippen LogP contribution < -0.4 is 10.2 Å². The molecular weight excluding hydrogens is 438 g/mol. The molecule has 3 heterocycles. The number of halogens is 2. The molecule has 0 saturated carbocycles. The van der Waals surface area contributed by atoms with Gasteiger partial charge in [0.15, 0.2) is 0 Å². The predicted octanol–water partition coefficient (Wildman–Crippen LogP) is 4.39. The van der Waals surface area contributed by atoms with E-state index < -0.39 is 0 Å². The van der Waals surface area contributed by atoms with Gasteiger partial charge in [-0.15, -0.1) is 0 Å². The van der Waals surface area contributed by atoms with Crippen LogP contribution in [0.2, 0.25) is 0 Å². The van der Waals surface area contributed by atoms with Crippen molar-refractivity contribution in [2.24, 2.45) is 0 Å². The minimum Gasteiger partial charge on any atom is -0.337 e. The van der Waals surface area contributed by atoms with Crippen molar-refractivity contribution < 1.29 is 18.4 Å². The van der Waals surface area contributed by atoms with Gasteiger partial charge in [-0.1, -0.05) is 12.8 Å². The summed E-state index contributed by atoms with van der Waals surface area (Å²) >= 11 is 0. The molecule has 0 bridgehead atoms. The number of urea groups is 1. The number of piperidine rings is 1. The van der Waals surface area contributed by atoms with Gasteiger partial charge in [-0.3, -0.25) is 9.69 Å². The Balaban J connectivity index is 1.16. The number of nitrogens with zero attached hydrogens (tertiary/aromatic N) is 3. The van der Waals surface area contributed by atoms with E-state index in [1.54, 1.807) is 18.2 Å². The molecule has 3 aliphatic heterocycles. The number of benzene rings is 2. The Morgan fingerprint density at radius 3 is 2.38 bits per heavy atom. The zero-order valence-corrected chi connectivity index (χ0v) is 19.2. The zero-order chi connectivity index (χ0) is 23.7. The second kappa shape index (κ2) is 9.70. The third-order valence-corrected chi connectivity index (χ3v) is 7.29. The quantitative estimate of drug-likeness (QED) is 0.461. The first kappa shape index (κ1) is 22.8.